The lowest BCUT2D eigenvalue weighted by Gasteiger charge is -2.01. The van der Waals surface area contributed by atoms with Crippen molar-refractivity contribution in [3.8, 4) is 22.8 Å². The molecule has 1 aromatic carbocycles. The Morgan fingerprint density at radius 1 is 1.27 bits per heavy atom. The van der Waals surface area contributed by atoms with Crippen LogP contribution in [0.25, 0.3) is 11.3 Å². The van der Waals surface area contributed by atoms with Gasteiger partial charge < -0.3 is 19.4 Å². The predicted octanol–water partition coefficient (Wildman–Crippen LogP) is 3.97. The number of aromatic hydroxyl groups is 1. The van der Waals surface area contributed by atoms with Crippen molar-refractivity contribution in [3.63, 3.8) is 0 Å². The number of rotatable bonds is 3. The van der Waals surface area contributed by atoms with Crippen LogP contribution in [-0.2, 0) is 4.79 Å². The van der Waals surface area contributed by atoms with Crippen molar-refractivity contribution in [1.82, 2.24) is 0 Å². The van der Waals surface area contributed by atoms with Gasteiger partial charge in [-0.3, -0.25) is 10.1 Å². The van der Waals surface area contributed by atoms with E-state index in [1.807, 2.05) is 5.32 Å². The Balaban J connectivity index is 2.56. The zero-order valence-corrected chi connectivity index (χ0v) is 12.5. The fourth-order valence-corrected chi connectivity index (χ4v) is 1.96. The van der Waals surface area contributed by atoms with Gasteiger partial charge in [-0.15, -0.1) is 0 Å². The van der Waals surface area contributed by atoms with Gasteiger partial charge in [-0.25, -0.2) is 4.79 Å². The van der Waals surface area contributed by atoms with Gasteiger partial charge in [-0.05, 0) is 18.2 Å². The Kier molecular flexibility index (Phi) is 4.48. The average Bonchev–Trinajstić information content (AvgIpc) is 2.70. The first-order valence-electron chi connectivity index (χ1n) is 5.79. The number of hydrogen-bond acceptors (Lipinski definition) is 5. The van der Waals surface area contributed by atoms with Crippen molar-refractivity contribution < 1.29 is 29.0 Å². The summed E-state index contributed by atoms with van der Waals surface area (Å²) in [6, 6.07) is 4.37. The number of ether oxygens (including phenoxy) is 1. The molecule has 7 nitrogen and oxygen atoms in total. The number of anilines is 1. The fourth-order valence-electron chi connectivity index (χ4n) is 1.66. The largest absolute Gasteiger partial charge is 0.502 e. The van der Waals surface area contributed by atoms with E-state index >= 15 is 0 Å². The molecule has 0 aliphatic rings. The van der Waals surface area contributed by atoms with Crippen molar-refractivity contribution in [2.24, 2.45) is 0 Å². The molecule has 1 amide bonds. The number of hydrogen-bond donors (Lipinski definition) is 3. The van der Waals surface area contributed by atoms with Gasteiger partial charge in [-0.1, -0.05) is 23.2 Å². The molecule has 116 valence electrons. The average molecular weight is 346 g/mol. The van der Waals surface area contributed by atoms with Gasteiger partial charge in [0.1, 0.15) is 0 Å². The molecule has 0 aliphatic heterocycles. The summed E-state index contributed by atoms with van der Waals surface area (Å²) in [5.41, 5.74) is 0.318. The molecule has 0 saturated carbocycles. The minimum Gasteiger partial charge on any atom is -0.502 e. The van der Waals surface area contributed by atoms with Crippen molar-refractivity contribution in [2.75, 3.05) is 5.32 Å². The summed E-state index contributed by atoms with van der Waals surface area (Å²) in [6.07, 6.45) is -1.46. The van der Waals surface area contributed by atoms with Crippen molar-refractivity contribution in [2.45, 2.75) is 6.92 Å². The van der Waals surface area contributed by atoms with E-state index in [-0.39, 0.29) is 10.8 Å². The SMILES string of the molecule is CC(=O)Oc1c(NC(=O)O)oc(-c2ccc(Cl)c(Cl)c2)c1O. The summed E-state index contributed by atoms with van der Waals surface area (Å²) in [5, 5.41) is 21.2. The Morgan fingerprint density at radius 3 is 2.50 bits per heavy atom. The van der Waals surface area contributed by atoms with Gasteiger partial charge in [0.2, 0.25) is 11.5 Å². The molecule has 0 unspecified atom stereocenters. The topological polar surface area (TPSA) is 109 Å². The van der Waals surface area contributed by atoms with E-state index in [9.17, 15) is 14.7 Å². The number of nitrogens with one attached hydrogen (secondary N) is 1. The summed E-state index contributed by atoms with van der Waals surface area (Å²) < 4.78 is 9.98. The molecule has 0 bridgehead atoms. The standard InChI is InChI=1S/C13H9Cl2NO6/c1-5(17)21-11-9(18)10(22-12(11)16-13(19)20)6-2-3-7(14)8(15)4-6/h2-4,16,18H,1H3,(H,19,20). The smallest absolute Gasteiger partial charge is 0.411 e. The summed E-state index contributed by atoms with van der Waals surface area (Å²) in [6.45, 7) is 1.09. The molecule has 0 atom stereocenters. The molecule has 2 rings (SSSR count). The Labute approximate surface area is 134 Å². The molecule has 1 heterocycles. The lowest BCUT2D eigenvalue weighted by atomic mass is 10.1. The maximum Gasteiger partial charge on any atom is 0.411 e. The number of carbonyl (C=O) groups excluding carboxylic acids is 1. The fraction of sp³-hybridized carbons (Fsp3) is 0.0769. The highest BCUT2D eigenvalue weighted by molar-refractivity contribution is 6.42. The highest BCUT2D eigenvalue weighted by atomic mass is 35.5. The van der Waals surface area contributed by atoms with E-state index in [4.69, 9.17) is 37.5 Å². The number of halogens is 2. The van der Waals surface area contributed by atoms with Gasteiger partial charge in [0.15, 0.2) is 5.76 Å². The summed E-state index contributed by atoms with van der Waals surface area (Å²) in [5.74, 6) is -2.29. The normalized spacial score (nSPS) is 10.3. The zero-order chi connectivity index (χ0) is 16.4. The Bertz CT molecular complexity index is 755. The highest BCUT2D eigenvalue weighted by Crippen LogP contribution is 2.46. The second kappa shape index (κ2) is 6.17. The lowest BCUT2D eigenvalue weighted by Crippen LogP contribution is -2.09. The number of carboxylic acid groups (broad SMARTS) is 1. The predicted molar refractivity (Wildman–Crippen MR) is 78.8 cm³/mol. The molecular weight excluding hydrogens is 337 g/mol. The van der Waals surface area contributed by atoms with E-state index in [1.165, 1.54) is 18.2 Å². The van der Waals surface area contributed by atoms with E-state index in [0.29, 0.717) is 10.6 Å². The van der Waals surface area contributed by atoms with Gasteiger partial charge in [0.05, 0.1) is 10.0 Å². The minimum absolute atomic E-state index is 0.126. The number of carbonyl (C=O) groups is 2. The number of furan rings is 1. The Hall–Kier alpha value is -2.38. The summed E-state index contributed by atoms with van der Waals surface area (Å²) in [4.78, 5) is 21.8. The third-order valence-electron chi connectivity index (χ3n) is 2.49. The molecule has 0 spiro atoms. The summed E-state index contributed by atoms with van der Waals surface area (Å²) >= 11 is 11.7. The number of benzene rings is 1. The van der Waals surface area contributed by atoms with Crippen LogP contribution in [0.1, 0.15) is 6.92 Å². The molecule has 1 aromatic heterocycles. The quantitative estimate of drug-likeness (QED) is 0.726. The van der Waals surface area contributed by atoms with Crippen molar-refractivity contribution in [1.29, 1.82) is 0 Å². The highest BCUT2D eigenvalue weighted by Gasteiger charge is 2.25. The molecule has 2 aromatic rings. The van der Waals surface area contributed by atoms with Crippen LogP contribution in [-0.4, -0.2) is 22.3 Å². The molecule has 3 N–H and O–H groups in total. The third-order valence-corrected chi connectivity index (χ3v) is 3.23. The van der Waals surface area contributed by atoms with E-state index in [2.05, 4.69) is 0 Å². The lowest BCUT2D eigenvalue weighted by molar-refractivity contribution is -0.132. The van der Waals surface area contributed by atoms with E-state index < -0.39 is 29.4 Å². The van der Waals surface area contributed by atoms with Crippen LogP contribution in [0.5, 0.6) is 11.5 Å². The zero-order valence-electron chi connectivity index (χ0n) is 11.0. The molecule has 0 fully saturated rings. The second-order valence-electron chi connectivity index (χ2n) is 4.09. The first-order chi connectivity index (χ1) is 10.3. The number of amides is 1. The van der Waals surface area contributed by atoms with E-state index in [1.54, 1.807) is 0 Å². The maximum absolute atomic E-state index is 11.1. The number of esters is 1. The first-order valence-corrected chi connectivity index (χ1v) is 6.54. The van der Waals surface area contributed by atoms with Crippen LogP contribution in [0.15, 0.2) is 22.6 Å². The van der Waals surface area contributed by atoms with Crippen LogP contribution in [0, 0.1) is 0 Å². The van der Waals surface area contributed by atoms with Crippen LogP contribution >= 0.6 is 23.2 Å². The third kappa shape index (κ3) is 3.26. The van der Waals surface area contributed by atoms with Crippen molar-refractivity contribution in [3.05, 3.63) is 28.2 Å². The molecule has 9 heteroatoms. The monoisotopic (exact) mass is 345 g/mol. The molecule has 22 heavy (non-hydrogen) atoms. The molecule has 0 aliphatic carbocycles. The minimum atomic E-state index is -1.46. The summed E-state index contributed by atoms with van der Waals surface area (Å²) in [7, 11) is 0. The van der Waals surface area contributed by atoms with Gasteiger partial charge in [-0.2, -0.15) is 0 Å². The van der Waals surface area contributed by atoms with Crippen molar-refractivity contribution >= 4 is 41.1 Å². The van der Waals surface area contributed by atoms with Gasteiger partial charge in [0, 0.05) is 12.5 Å². The maximum atomic E-state index is 11.1. The molecule has 0 saturated heterocycles. The Morgan fingerprint density at radius 2 is 1.95 bits per heavy atom. The van der Waals surface area contributed by atoms with Crippen LogP contribution < -0.4 is 10.1 Å². The van der Waals surface area contributed by atoms with Gasteiger partial charge >= 0.3 is 12.1 Å². The van der Waals surface area contributed by atoms with Gasteiger partial charge in [0.25, 0.3) is 5.88 Å². The second-order valence-corrected chi connectivity index (χ2v) is 4.91. The van der Waals surface area contributed by atoms with Crippen LogP contribution in [0.4, 0.5) is 10.7 Å². The molecular formula is C13H9Cl2NO6. The first kappa shape index (κ1) is 16.0. The van der Waals surface area contributed by atoms with Crippen LogP contribution in [0.3, 0.4) is 0 Å². The molecule has 0 radical (unpaired) electrons. The van der Waals surface area contributed by atoms with E-state index in [0.717, 1.165) is 6.92 Å². The van der Waals surface area contributed by atoms with Crippen LogP contribution in [0.2, 0.25) is 10.0 Å².